The molecule has 0 fully saturated rings. The molecule has 0 radical (unpaired) electrons. The Morgan fingerprint density at radius 1 is 1.22 bits per heavy atom. The van der Waals surface area contributed by atoms with Gasteiger partial charge in [0.05, 0.1) is 4.92 Å². The minimum absolute atomic E-state index is 0.0194. The van der Waals surface area contributed by atoms with Crippen LogP contribution in [0.1, 0.15) is 27.9 Å². The topological polar surface area (TPSA) is 72.2 Å². The van der Waals surface area contributed by atoms with Gasteiger partial charge in [-0.25, -0.2) is 0 Å². The number of nitro benzene ring substituents is 1. The maximum Gasteiger partial charge on any atom is 0.288 e. The van der Waals surface area contributed by atoms with Gasteiger partial charge in [-0.1, -0.05) is 41.4 Å². The summed E-state index contributed by atoms with van der Waals surface area (Å²) in [4.78, 5) is 22.2. The molecule has 120 valence electrons. The van der Waals surface area contributed by atoms with Gasteiger partial charge in [-0.15, -0.1) is 0 Å². The van der Waals surface area contributed by atoms with Gasteiger partial charge >= 0.3 is 0 Å². The van der Waals surface area contributed by atoms with Crippen LogP contribution in [0.15, 0.2) is 42.5 Å². The lowest BCUT2D eigenvalue weighted by molar-refractivity contribution is -0.384. The van der Waals surface area contributed by atoms with Crippen molar-refractivity contribution in [3.8, 4) is 0 Å². The van der Waals surface area contributed by atoms with Crippen molar-refractivity contribution in [1.29, 1.82) is 0 Å². The Morgan fingerprint density at radius 3 is 2.57 bits per heavy atom. The maximum absolute atomic E-state index is 12.0. The number of carbonyl (C=O) groups excluding carboxylic acids is 1. The van der Waals surface area contributed by atoms with Crippen molar-refractivity contribution in [2.75, 3.05) is 6.54 Å². The van der Waals surface area contributed by atoms with Crippen LogP contribution in [0.25, 0.3) is 0 Å². The zero-order valence-corrected chi connectivity index (χ0v) is 13.5. The number of hydrogen-bond acceptors (Lipinski definition) is 3. The van der Waals surface area contributed by atoms with Gasteiger partial charge in [0.25, 0.3) is 11.6 Å². The lowest BCUT2D eigenvalue weighted by atomic mass is 10.1. The van der Waals surface area contributed by atoms with Crippen molar-refractivity contribution in [3.05, 3.63) is 74.3 Å². The zero-order valence-electron chi connectivity index (χ0n) is 12.7. The second-order valence-corrected chi connectivity index (χ2v) is 5.68. The normalized spacial score (nSPS) is 10.3. The quantitative estimate of drug-likeness (QED) is 0.495. The largest absolute Gasteiger partial charge is 0.352 e. The molecule has 1 amide bonds. The molecule has 2 aromatic rings. The fourth-order valence-corrected chi connectivity index (χ4v) is 2.33. The summed E-state index contributed by atoms with van der Waals surface area (Å²) < 4.78 is 0. The molecule has 0 heterocycles. The summed E-state index contributed by atoms with van der Waals surface area (Å²) in [7, 11) is 0. The fraction of sp³-hybridized carbons (Fsp3) is 0.235. The number of amides is 1. The zero-order chi connectivity index (χ0) is 16.8. The highest BCUT2D eigenvalue weighted by molar-refractivity contribution is 6.32. The Morgan fingerprint density at radius 2 is 1.91 bits per heavy atom. The van der Waals surface area contributed by atoms with Crippen LogP contribution in [0.3, 0.4) is 0 Å². The first-order valence-electron chi connectivity index (χ1n) is 7.25. The molecule has 6 heteroatoms. The van der Waals surface area contributed by atoms with Crippen LogP contribution in [-0.4, -0.2) is 17.4 Å². The predicted molar refractivity (Wildman–Crippen MR) is 89.9 cm³/mol. The Bertz CT molecular complexity index is 714. The molecule has 0 aromatic heterocycles. The van der Waals surface area contributed by atoms with E-state index >= 15 is 0 Å². The average Bonchev–Trinajstić information content (AvgIpc) is 2.53. The molecule has 0 saturated heterocycles. The summed E-state index contributed by atoms with van der Waals surface area (Å²) in [6.45, 7) is 2.54. The smallest absolute Gasteiger partial charge is 0.288 e. The van der Waals surface area contributed by atoms with Crippen molar-refractivity contribution < 1.29 is 9.72 Å². The molecule has 5 nitrogen and oxygen atoms in total. The highest BCUT2D eigenvalue weighted by Crippen LogP contribution is 2.24. The number of benzene rings is 2. The number of nitrogens with zero attached hydrogens (tertiary/aromatic N) is 1. The van der Waals surface area contributed by atoms with Gasteiger partial charge in [-0.3, -0.25) is 14.9 Å². The number of nitro groups is 1. The predicted octanol–water partition coefficient (Wildman–Crippen LogP) is 3.92. The minimum Gasteiger partial charge on any atom is -0.352 e. The van der Waals surface area contributed by atoms with Crippen LogP contribution in [-0.2, 0) is 6.42 Å². The van der Waals surface area contributed by atoms with Gasteiger partial charge in [-0.05, 0) is 37.5 Å². The average molecular weight is 333 g/mol. The minimum atomic E-state index is -0.601. The van der Waals surface area contributed by atoms with Crippen LogP contribution in [0.4, 0.5) is 5.69 Å². The summed E-state index contributed by atoms with van der Waals surface area (Å²) in [5.74, 6) is -0.339. The van der Waals surface area contributed by atoms with E-state index in [1.807, 2.05) is 6.92 Å². The van der Waals surface area contributed by atoms with Crippen LogP contribution >= 0.6 is 11.6 Å². The first kappa shape index (κ1) is 17.0. The maximum atomic E-state index is 12.0. The highest BCUT2D eigenvalue weighted by Gasteiger charge is 2.15. The molecule has 0 unspecified atom stereocenters. The van der Waals surface area contributed by atoms with Crippen molar-refractivity contribution in [2.24, 2.45) is 0 Å². The van der Waals surface area contributed by atoms with E-state index < -0.39 is 4.92 Å². The van der Waals surface area contributed by atoms with E-state index in [4.69, 9.17) is 11.6 Å². The van der Waals surface area contributed by atoms with E-state index in [-0.39, 0.29) is 22.2 Å². The molecule has 0 atom stereocenters. The van der Waals surface area contributed by atoms with E-state index in [0.29, 0.717) is 6.54 Å². The van der Waals surface area contributed by atoms with Gasteiger partial charge < -0.3 is 5.32 Å². The monoisotopic (exact) mass is 332 g/mol. The number of aryl methyl sites for hydroxylation is 2. The Kier molecular flexibility index (Phi) is 5.71. The SMILES string of the molecule is Cc1ccc(CCCNC(=O)c2ccc(Cl)c([N+](=O)[O-])c2)cc1. The molecule has 0 bridgehead atoms. The molecule has 23 heavy (non-hydrogen) atoms. The van der Waals surface area contributed by atoms with Gasteiger partial charge in [0, 0.05) is 18.2 Å². The van der Waals surface area contributed by atoms with Gasteiger partial charge in [0.15, 0.2) is 0 Å². The third kappa shape index (κ3) is 4.79. The highest BCUT2D eigenvalue weighted by atomic mass is 35.5. The molecule has 0 aliphatic heterocycles. The number of rotatable bonds is 6. The summed E-state index contributed by atoms with van der Waals surface area (Å²) in [6.07, 6.45) is 1.66. The van der Waals surface area contributed by atoms with Crippen LogP contribution in [0.5, 0.6) is 0 Å². The summed E-state index contributed by atoms with van der Waals surface area (Å²) in [6, 6.07) is 12.3. The molecule has 0 spiro atoms. The molecular weight excluding hydrogens is 316 g/mol. The second-order valence-electron chi connectivity index (χ2n) is 5.27. The molecule has 0 aliphatic rings. The van der Waals surface area contributed by atoms with E-state index in [1.54, 1.807) is 0 Å². The Balaban J connectivity index is 1.86. The molecule has 0 saturated carbocycles. The van der Waals surface area contributed by atoms with Crippen molar-refractivity contribution in [3.63, 3.8) is 0 Å². The van der Waals surface area contributed by atoms with Gasteiger partial charge in [0.1, 0.15) is 5.02 Å². The molecule has 2 rings (SSSR count). The van der Waals surface area contributed by atoms with E-state index in [0.717, 1.165) is 12.8 Å². The van der Waals surface area contributed by atoms with E-state index in [2.05, 4.69) is 29.6 Å². The second kappa shape index (κ2) is 7.74. The van der Waals surface area contributed by atoms with Crippen molar-refractivity contribution >= 4 is 23.2 Å². The van der Waals surface area contributed by atoms with E-state index in [9.17, 15) is 14.9 Å². The Labute approximate surface area is 139 Å². The van der Waals surface area contributed by atoms with E-state index in [1.165, 1.54) is 29.3 Å². The number of nitrogens with one attached hydrogen (secondary N) is 1. The number of carbonyl (C=O) groups is 1. The third-order valence-corrected chi connectivity index (χ3v) is 3.77. The van der Waals surface area contributed by atoms with Crippen LogP contribution in [0.2, 0.25) is 5.02 Å². The fourth-order valence-electron chi connectivity index (χ4n) is 2.15. The first-order valence-corrected chi connectivity index (χ1v) is 7.63. The summed E-state index contributed by atoms with van der Waals surface area (Å²) in [5, 5.41) is 13.6. The lowest BCUT2D eigenvalue weighted by Crippen LogP contribution is -2.24. The van der Waals surface area contributed by atoms with Crippen LogP contribution < -0.4 is 5.32 Å². The summed E-state index contributed by atoms with van der Waals surface area (Å²) >= 11 is 5.73. The van der Waals surface area contributed by atoms with Crippen LogP contribution in [0, 0.1) is 17.0 Å². The van der Waals surface area contributed by atoms with Crippen molar-refractivity contribution in [2.45, 2.75) is 19.8 Å². The van der Waals surface area contributed by atoms with Gasteiger partial charge in [0.2, 0.25) is 0 Å². The van der Waals surface area contributed by atoms with Gasteiger partial charge in [-0.2, -0.15) is 0 Å². The molecule has 1 N–H and O–H groups in total. The molecular formula is C17H17ClN2O3. The standard InChI is InChI=1S/C17H17ClN2O3/c1-12-4-6-13(7-5-12)3-2-10-19-17(21)14-8-9-15(18)16(11-14)20(22)23/h4-9,11H,2-3,10H2,1H3,(H,19,21). The number of halogens is 1. The third-order valence-electron chi connectivity index (χ3n) is 3.45. The molecule has 2 aromatic carbocycles. The lowest BCUT2D eigenvalue weighted by Gasteiger charge is -2.06. The Hall–Kier alpha value is -2.40. The first-order chi connectivity index (χ1) is 11.0. The van der Waals surface area contributed by atoms with Crippen molar-refractivity contribution in [1.82, 2.24) is 5.32 Å². The summed E-state index contributed by atoms with van der Waals surface area (Å²) in [5.41, 5.74) is 2.40. The molecule has 0 aliphatic carbocycles. The number of hydrogen-bond donors (Lipinski definition) is 1.